The Balaban J connectivity index is 1.99. The molecule has 0 aliphatic heterocycles. The molecule has 0 saturated heterocycles. The number of rotatable bonds is 11. The third kappa shape index (κ3) is 8.44. The molecule has 1 aromatic rings. The van der Waals surface area contributed by atoms with Crippen molar-refractivity contribution in [3.05, 3.63) is 32.9 Å². The summed E-state index contributed by atoms with van der Waals surface area (Å²) in [7, 11) is 1.37. The Morgan fingerprint density at radius 3 is 2.49 bits per heavy atom. The Hall–Kier alpha value is -2.10. The first kappa shape index (κ1) is 31.4. The summed E-state index contributed by atoms with van der Waals surface area (Å²) in [5, 5.41) is 32.4. The van der Waals surface area contributed by atoms with E-state index in [2.05, 4.69) is 5.32 Å². The number of aliphatic hydroxyl groups excluding tert-OH is 3. The molecular formula is C26H34F3IN2O7. The molecule has 4 N–H and O–H groups in total. The van der Waals surface area contributed by atoms with E-state index in [1.807, 2.05) is 22.6 Å². The molecule has 0 bridgehead atoms. The normalized spacial score (nSPS) is 21.8. The van der Waals surface area contributed by atoms with E-state index in [1.54, 1.807) is 6.07 Å². The van der Waals surface area contributed by atoms with E-state index >= 15 is 0 Å². The van der Waals surface area contributed by atoms with Crippen molar-refractivity contribution in [3.8, 4) is 11.5 Å². The van der Waals surface area contributed by atoms with Gasteiger partial charge in [0.05, 0.1) is 29.9 Å². The van der Waals surface area contributed by atoms with Crippen molar-refractivity contribution < 1.29 is 47.6 Å². The molecule has 0 spiro atoms. The molecule has 39 heavy (non-hydrogen) atoms. The van der Waals surface area contributed by atoms with Gasteiger partial charge in [0.2, 0.25) is 11.8 Å². The minimum atomic E-state index is -4.74. The maximum atomic E-state index is 13.7. The third-order valence-electron chi connectivity index (χ3n) is 6.95. The van der Waals surface area contributed by atoms with E-state index in [0.29, 0.717) is 14.0 Å². The van der Waals surface area contributed by atoms with Crippen LogP contribution in [-0.4, -0.2) is 83.3 Å². The second kappa shape index (κ2) is 14.0. The van der Waals surface area contributed by atoms with E-state index in [-0.39, 0.29) is 55.6 Å². The van der Waals surface area contributed by atoms with Gasteiger partial charge in [-0.1, -0.05) is 12.8 Å². The van der Waals surface area contributed by atoms with Crippen LogP contribution >= 0.6 is 22.6 Å². The molecule has 2 amide bonds. The van der Waals surface area contributed by atoms with Gasteiger partial charge in [0.25, 0.3) is 0 Å². The summed E-state index contributed by atoms with van der Waals surface area (Å²) in [6, 6.07) is 1.74. The van der Waals surface area contributed by atoms with Gasteiger partial charge in [-0.3, -0.25) is 9.59 Å². The smallest absolute Gasteiger partial charge is 0.406 e. The Kier molecular flexibility index (Phi) is 11.3. The second-order valence-electron chi connectivity index (χ2n) is 9.77. The molecule has 9 nitrogen and oxygen atoms in total. The zero-order chi connectivity index (χ0) is 28.7. The quantitative estimate of drug-likeness (QED) is 0.267. The number of benzene rings is 1. The predicted molar refractivity (Wildman–Crippen MR) is 143 cm³/mol. The molecule has 1 aromatic carbocycles. The zero-order valence-electron chi connectivity index (χ0n) is 21.5. The van der Waals surface area contributed by atoms with Gasteiger partial charge in [0.1, 0.15) is 18.8 Å². The number of amides is 2. The van der Waals surface area contributed by atoms with Gasteiger partial charge in [-0.05, 0) is 65.1 Å². The second-order valence-corrected chi connectivity index (χ2v) is 10.9. The van der Waals surface area contributed by atoms with Crippen molar-refractivity contribution >= 4 is 34.4 Å². The fourth-order valence-electron chi connectivity index (χ4n) is 5.06. The van der Waals surface area contributed by atoms with Crippen LogP contribution in [0.2, 0.25) is 0 Å². The van der Waals surface area contributed by atoms with Gasteiger partial charge >= 0.3 is 6.18 Å². The maximum Gasteiger partial charge on any atom is 0.406 e. The summed E-state index contributed by atoms with van der Waals surface area (Å²) in [6.07, 6.45) is -3.42. The summed E-state index contributed by atoms with van der Waals surface area (Å²) in [6.45, 7) is -2.29. The van der Waals surface area contributed by atoms with Crippen LogP contribution in [-0.2, 0) is 16.2 Å². The molecule has 0 heterocycles. The van der Waals surface area contributed by atoms with Gasteiger partial charge in [-0.15, -0.1) is 0 Å². The number of hydrogen-bond donors (Lipinski definition) is 4. The average Bonchev–Trinajstić information content (AvgIpc) is 3.40. The van der Waals surface area contributed by atoms with E-state index in [4.69, 9.17) is 14.6 Å². The van der Waals surface area contributed by atoms with Gasteiger partial charge in [0, 0.05) is 25.0 Å². The lowest BCUT2D eigenvalue weighted by atomic mass is 9.87. The van der Waals surface area contributed by atoms with E-state index in [9.17, 15) is 33.0 Å². The first-order chi connectivity index (χ1) is 18.5. The lowest BCUT2D eigenvalue weighted by molar-refractivity contribution is -0.173. The summed E-state index contributed by atoms with van der Waals surface area (Å²) in [4.78, 5) is 26.7. The molecule has 218 valence electrons. The van der Waals surface area contributed by atoms with E-state index in [0.717, 1.165) is 25.7 Å². The summed E-state index contributed by atoms with van der Waals surface area (Å²) >= 11 is 1.93. The topological polar surface area (TPSA) is 129 Å². The van der Waals surface area contributed by atoms with Crippen LogP contribution < -0.4 is 14.8 Å². The minimum absolute atomic E-state index is 0.0190. The molecular weight excluding hydrogens is 636 g/mol. The molecule has 1 saturated carbocycles. The fraction of sp³-hybridized carbons (Fsp3) is 0.615. The monoisotopic (exact) mass is 670 g/mol. The average molecular weight is 670 g/mol. The first-order valence-electron chi connectivity index (χ1n) is 12.7. The number of carbonyl (C=O) groups is 2. The van der Waals surface area contributed by atoms with Crippen molar-refractivity contribution in [2.75, 3.05) is 26.8 Å². The Labute approximate surface area is 238 Å². The molecule has 3 rings (SSSR count). The Morgan fingerprint density at radius 1 is 1.21 bits per heavy atom. The molecule has 2 aliphatic carbocycles. The molecule has 13 heteroatoms. The highest BCUT2D eigenvalue weighted by atomic mass is 127. The first-order valence-corrected chi connectivity index (χ1v) is 13.8. The summed E-state index contributed by atoms with van der Waals surface area (Å²) < 4.78 is 53.0. The zero-order valence-corrected chi connectivity index (χ0v) is 23.7. The van der Waals surface area contributed by atoms with E-state index < -0.39 is 42.8 Å². The molecule has 0 aromatic heterocycles. The van der Waals surface area contributed by atoms with Crippen LogP contribution in [0.3, 0.4) is 0 Å². The van der Waals surface area contributed by atoms with Crippen LogP contribution in [0.15, 0.2) is 23.8 Å². The van der Waals surface area contributed by atoms with Crippen LogP contribution in [0.5, 0.6) is 11.5 Å². The fourth-order valence-corrected chi connectivity index (χ4v) is 5.85. The predicted octanol–water partition coefficient (Wildman–Crippen LogP) is 2.68. The highest BCUT2D eigenvalue weighted by Gasteiger charge is 2.45. The number of methoxy groups -OCH3 is 1. The van der Waals surface area contributed by atoms with Gasteiger partial charge in [-0.2, -0.15) is 13.2 Å². The van der Waals surface area contributed by atoms with Crippen molar-refractivity contribution in [1.82, 2.24) is 10.2 Å². The molecule has 1 fully saturated rings. The third-order valence-corrected chi connectivity index (χ3v) is 7.75. The number of alkyl halides is 3. The van der Waals surface area contributed by atoms with Gasteiger partial charge in [0.15, 0.2) is 11.5 Å². The van der Waals surface area contributed by atoms with Crippen molar-refractivity contribution in [2.45, 2.75) is 69.6 Å². The number of nitrogens with one attached hydrogen (secondary N) is 1. The lowest BCUT2D eigenvalue weighted by Crippen LogP contribution is -2.57. The molecule has 0 radical (unpaired) electrons. The van der Waals surface area contributed by atoms with Crippen LogP contribution in [0.4, 0.5) is 13.2 Å². The Bertz CT molecular complexity index is 1050. The molecule has 2 aliphatic rings. The minimum Gasteiger partial charge on any atom is -0.493 e. The van der Waals surface area contributed by atoms with Crippen LogP contribution in [0.25, 0.3) is 0 Å². The van der Waals surface area contributed by atoms with Crippen molar-refractivity contribution in [3.63, 3.8) is 0 Å². The Morgan fingerprint density at radius 2 is 1.90 bits per heavy atom. The van der Waals surface area contributed by atoms with Gasteiger partial charge < -0.3 is 35.0 Å². The number of hydrogen-bond acceptors (Lipinski definition) is 7. The summed E-state index contributed by atoms with van der Waals surface area (Å²) in [5.41, 5.74) is 0.546. The number of nitrogens with zero attached hydrogens (tertiary/aromatic N) is 1. The molecule has 3 atom stereocenters. The number of aliphatic hydroxyl groups is 3. The van der Waals surface area contributed by atoms with Crippen LogP contribution in [0.1, 0.15) is 44.1 Å². The highest BCUT2D eigenvalue weighted by Crippen LogP contribution is 2.38. The van der Waals surface area contributed by atoms with Crippen molar-refractivity contribution in [1.29, 1.82) is 0 Å². The van der Waals surface area contributed by atoms with Crippen LogP contribution in [0, 0.1) is 9.49 Å². The van der Waals surface area contributed by atoms with Gasteiger partial charge in [-0.25, -0.2) is 0 Å². The number of carbonyl (C=O) groups excluding carboxylic acids is 2. The van der Waals surface area contributed by atoms with E-state index in [1.165, 1.54) is 19.3 Å². The lowest BCUT2D eigenvalue weighted by Gasteiger charge is -2.41. The standard InChI is InChI=1S/C26H34F3IN2O7/c1-38-21-9-16(13-34)8-18(30)24(21)39-20-12-17(25(37)31-6-7-33)11-19(23(20)36)32(14-26(27,28)29)22(35)10-15-4-2-3-5-15/h8-9,12,15,19-20,23,33-34,36H,2-7,10-11,13-14H2,1H3,(H,31,37). The maximum absolute atomic E-state index is 13.7. The highest BCUT2D eigenvalue weighted by molar-refractivity contribution is 14.1. The SMILES string of the molecule is COc1cc(CO)cc(I)c1OC1C=C(C(=O)NCCO)CC(N(CC(F)(F)F)C(=O)CC2CCCC2)C1O. The number of ether oxygens (including phenoxy) is 2. The summed E-state index contributed by atoms with van der Waals surface area (Å²) in [5.74, 6) is -1.05. The molecule has 3 unspecified atom stereocenters. The largest absolute Gasteiger partial charge is 0.493 e. The number of halogens is 4. The van der Waals surface area contributed by atoms with Crippen molar-refractivity contribution in [2.24, 2.45) is 5.92 Å².